The summed E-state index contributed by atoms with van der Waals surface area (Å²) in [5.41, 5.74) is 11.1. The third kappa shape index (κ3) is 8.46. The van der Waals surface area contributed by atoms with E-state index in [1.54, 1.807) is 22.8 Å². The lowest BCUT2D eigenvalue weighted by Crippen LogP contribution is -2.37. The molecule has 0 saturated carbocycles. The Kier molecular flexibility index (Phi) is 9.22. The molecule has 0 saturated heterocycles. The summed E-state index contributed by atoms with van der Waals surface area (Å²) in [7, 11) is 0. The number of nitrogens with zero attached hydrogens (tertiary/aromatic N) is 4. The Morgan fingerprint density at radius 3 is 1.77 bits per heavy atom. The van der Waals surface area contributed by atoms with Crippen LogP contribution in [0.25, 0.3) is 83.4 Å². The molecule has 3 aromatic heterocycles. The van der Waals surface area contributed by atoms with Crippen LogP contribution in [0.1, 0.15) is 116 Å². The van der Waals surface area contributed by atoms with E-state index in [4.69, 9.17) is 17.9 Å². The molecule has 0 fully saturated rings. The van der Waals surface area contributed by atoms with Crippen molar-refractivity contribution >= 4 is 32.8 Å². The van der Waals surface area contributed by atoms with E-state index in [1.807, 2.05) is 41.1 Å². The monoisotopic (exact) mass is 1040 g/mol. The van der Waals surface area contributed by atoms with Crippen LogP contribution in [0, 0.1) is 6.33 Å². The number of hydrogen-bond acceptors (Lipinski definition) is 2. The number of benzene rings is 9. The first kappa shape index (κ1) is 39.5. The van der Waals surface area contributed by atoms with Gasteiger partial charge in [-0.15, -0.1) is 0 Å². The molecular formula is C74H66N4O. The van der Waals surface area contributed by atoms with Crippen molar-refractivity contribution in [1.82, 2.24) is 14.1 Å². The Balaban J connectivity index is 1.09. The van der Waals surface area contributed by atoms with Gasteiger partial charge in [0.05, 0.1) is 47.1 Å². The van der Waals surface area contributed by atoms with Gasteiger partial charge in [-0.25, -0.2) is 4.98 Å². The molecule has 13 rings (SSSR count). The number of pyridine rings is 1. The Morgan fingerprint density at radius 1 is 0.494 bits per heavy atom. The molecule has 0 radical (unpaired) electrons. The molecule has 0 unspecified atom stereocenters. The smallest absolute Gasteiger partial charge is 0.269 e. The number of para-hydroxylation sites is 1. The maximum atomic E-state index is 9.40. The highest BCUT2D eigenvalue weighted by atomic mass is 16.5. The predicted molar refractivity (Wildman–Crippen MR) is 327 cm³/mol. The van der Waals surface area contributed by atoms with Gasteiger partial charge in [0.25, 0.3) is 6.33 Å². The van der Waals surface area contributed by atoms with Crippen molar-refractivity contribution in [2.24, 2.45) is 0 Å². The van der Waals surface area contributed by atoms with Gasteiger partial charge in [-0.2, -0.15) is 0 Å². The maximum Gasteiger partial charge on any atom is 0.269 e. The molecule has 1 aliphatic rings. The Bertz CT molecular complexity index is 4820. The lowest BCUT2D eigenvalue weighted by atomic mass is 9.60. The third-order valence-electron chi connectivity index (χ3n) is 16.2. The number of ether oxygens (including phenoxy) is 1. The fourth-order valence-electron chi connectivity index (χ4n) is 11.8. The van der Waals surface area contributed by atoms with Crippen molar-refractivity contribution in [3.8, 4) is 62.1 Å². The topological polar surface area (TPSA) is 35.9 Å². The van der Waals surface area contributed by atoms with E-state index < -0.39 is 76.7 Å². The van der Waals surface area contributed by atoms with Crippen molar-refractivity contribution in [2.45, 2.75) is 90.9 Å². The zero-order chi connectivity index (χ0) is 63.3. The summed E-state index contributed by atoms with van der Waals surface area (Å²) in [4.78, 5) is 4.99. The molecule has 0 aliphatic heterocycles. The quantitative estimate of drug-likeness (QED) is 0.112. The van der Waals surface area contributed by atoms with E-state index in [1.165, 1.54) is 5.56 Å². The molecule has 1 aliphatic carbocycles. The van der Waals surface area contributed by atoms with Crippen LogP contribution < -0.4 is 9.30 Å². The second kappa shape index (κ2) is 18.4. The minimum Gasteiger partial charge on any atom is -0.458 e. The Hall–Kier alpha value is -8.80. The standard InChI is InChI=1S/C74H66N4O/c1-71(2,3)52-37-38-75-69(42-52)78-65-36-33-51(48-23-14-11-15-24-48)39-60(65)59-35-34-55(44-66(59)78)79-56-41-53(72(4,5)6)40-54(43-56)76-47-77(70-57(49-25-16-12-17-26-49)29-22-30-58(70)50-27-18-13-19-28-50)68-46-64-63(45-67(68)76)73(7,8)61-31-20-21-32-62(61)74(64,9)10/h11-46H,1-10H3/i12D,13D,16D,17D,18D,19D,25D,26D,27D,28D. The maximum absolute atomic E-state index is 9.40. The van der Waals surface area contributed by atoms with Crippen LogP contribution >= 0.6 is 0 Å². The lowest BCUT2D eigenvalue weighted by Gasteiger charge is -2.44. The van der Waals surface area contributed by atoms with E-state index in [0.717, 1.165) is 66.6 Å². The number of rotatable bonds is 8. The first-order chi connectivity index (χ1) is 42.1. The number of hydrogen-bond donors (Lipinski definition) is 0. The Morgan fingerprint density at radius 2 is 1.13 bits per heavy atom. The van der Waals surface area contributed by atoms with Gasteiger partial charge in [0.15, 0.2) is 0 Å². The summed E-state index contributed by atoms with van der Waals surface area (Å²) in [6.07, 6.45) is 5.60. The van der Waals surface area contributed by atoms with E-state index in [2.05, 4.69) is 183 Å². The van der Waals surface area contributed by atoms with Crippen LogP contribution in [-0.4, -0.2) is 14.1 Å². The van der Waals surface area contributed by atoms with Gasteiger partial charge in [0.1, 0.15) is 17.3 Å². The Labute approximate surface area is 479 Å². The predicted octanol–water partition coefficient (Wildman–Crippen LogP) is 18.6. The molecule has 0 N–H and O–H groups in total. The largest absolute Gasteiger partial charge is 0.458 e. The summed E-state index contributed by atoms with van der Waals surface area (Å²) in [5, 5.41) is 2.09. The van der Waals surface area contributed by atoms with Gasteiger partial charge in [-0.05, 0) is 144 Å². The van der Waals surface area contributed by atoms with Gasteiger partial charge >= 0.3 is 0 Å². The van der Waals surface area contributed by atoms with E-state index in [-0.39, 0.29) is 33.4 Å². The van der Waals surface area contributed by atoms with Crippen molar-refractivity contribution in [3.05, 3.63) is 258 Å². The molecule has 3 heterocycles. The highest BCUT2D eigenvalue weighted by Crippen LogP contribution is 2.51. The highest BCUT2D eigenvalue weighted by Gasteiger charge is 2.42. The van der Waals surface area contributed by atoms with Crippen LogP contribution in [0.15, 0.2) is 218 Å². The van der Waals surface area contributed by atoms with E-state index in [9.17, 15) is 5.48 Å². The summed E-state index contributed by atoms with van der Waals surface area (Å²) >= 11 is 0. The molecular weight excluding hydrogens is 961 g/mol. The van der Waals surface area contributed by atoms with Gasteiger partial charge in [-0.1, -0.05) is 209 Å². The van der Waals surface area contributed by atoms with Crippen LogP contribution in [0.2, 0.25) is 0 Å². The zero-order valence-electron chi connectivity index (χ0n) is 56.2. The molecule has 12 aromatic rings. The van der Waals surface area contributed by atoms with Gasteiger partial charge < -0.3 is 4.74 Å². The summed E-state index contributed by atoms with van der Waals surface area (Å²) in [6, 6.07) is 46.0. The van der Waals surface area contributed by atoms with Gasteiger partial charge in [0, 0.05) is 33.9 Å². The molecule has 388 valence electrons. The molecule has 79 heavy (non-hydrogen) atoms. The van der Waals surface area contributed by atoms with Gasteiger partial charge in [0.2, 0.25) is 0 Å². The number of aromatic nitrogens is 4. The SMILES string of the molecule is [2H]c1c([2H])c([2H])c(-c2cccc(-c3c([2H])c([2H])c([2H])c([2H])c3[2H])c2-[n+]2[c-]n(-c3cc(Oc4ccc5c6cc(-c7ccccc7)ccc6n(-c6cc(C(C)(C)C)ccn6)c5c4)cc(C(C)(C)C)c3)c3cc4c(cc32)C(C)(C)c2ccccc2C4(C)C)c([2H])c1[2H]. The first-order valence-corrected chi connectivity index (χ1v) is 26.9. The van der Waals surface area contributed by atoms with Crippen molar-refractivity contribution in [1.29, 1.82) is 0 Å². The van der Waals surface area contributed by atoms with Crippen molar-refractivity contribution < 1.29 is 23.0 Å². The van der Waals surface area contributed by atoms with Crippen LogP contribution in [-0.2, 0) is 21.7 Å². The second-order valence-electron chi connectivity index (χ2n) is 24.0. The molecule has 5 nitrogen and oxygen atoms in total. The number of imidazole rings is 1. The molecule has 0 amide bonds. The molecule has 0 spiro atoms. The van der Waals surface area contributed by atoms with E-state index in [0.29, 0.717) is 28.2 Å². The fourth-order valence-corrected chi connectivity index (χ4v) is 11.8. The minimum absolute atomic E-state index is 0.133. The summed E-state index contributed by atoms with van der Waals surface area (Å²) in [5.74, 6) is 1.89. The van der Waals surface area contributed by atoms with Crippen molar-refractivity contribution in [2.75, 3.05) is 0 Å². The van der Waals surface area contributed by atoms with Crippen LogP contribution in [0.5, 0.6) is 11.5 Å². The molecule has 5 heteroatoms. The molecule has 0 atom stereocenters. The van der Waals surface area contributed by atoms with Crippen LogP contribution in [0.4, 0.5) is 0 Å². The number of fused-ring (bicyclic) bond motifs is 6. The van der Waals surface area contributed by atoms with Gasteiger partial charge in [-0.3, -0.25) is 13.7 Å². The highest BCUT2D eigenvalue weighted by molar-refractivity contribution is 6.10. The average molecular weight is 1040 g/mol. The first-order valence-electron chi connectivity index (χ1n) is 31.9. The fraction of sp³-hybridized carbons (Fsp3) is 0.189. The van der Waals surface area contributed by atoms with Crippen molar-refractivity contribution in [3.63, 3.8) is 0 Å². The molecule has 9 aromatic carbocycles. The second-order valence-corrected chi connectivity index (χ2v) is 24.0. The summed E-state index contributed by atoms with van der Waals surface area (Å²) < 4.78 is 104. The van der Waals surface area contributed by atoms with E-state index >= 15 is 0 Å². The minimum atomic E-state index is -0.570. The van der Waals surface area contributed by atoms with Crippen LogP contribution in [0.3, 0.4) is 0 Å². The lowest BCUT2D eigenvalue weighted by molar-refractivity contribution is -0.571. The average Bonchev–Trinajstić information content (AvgIpc) is 1.71. The normalized spacial score (nSPS) is 15.7. The molecule has 0 bridgehead atoms. The zero-order valence-corrected chi connectivity index (χ0v) is 46.2. The third-order valence-corrected chi connectivity index (χ3v) is 16.2. The summed E-state index contributed by atoms with van der Waals surface area (Å²) in [6.45, 7) is 21.9.